The van der Waals surface area contributed by atoms with Crippen molar-refractivity contribution in [3.63, 3.8) is 0 Å². The van der Waals surface area contributed by atoms with Crippen LogP contribution in [-0.2, 0) is 6.42 Å². The molecule has 1 aliphatic rings. The van der Waals surface area contributed by atoms with E-state index in [9.17, 15) is 5.11 Å². The lowest BCUT2D eigenvalue weighted by atomic mass is 10.1. The number of benzene rings is 1. The molecule has 6 nitrogen and oxygen atoms in total. The van der Waals surface area contributed by atoms with E-state index in [4.69, 9.17) is 4.99 Å². The number of fused-ring (bicyclic) bond motifs is 1. The number of aromatic nitrogens is 1. The van der Waals surface area contributed by atoms with Crippen molar-refractivity contribution in [2.75, 3.05) is 39.3 Å². The Kier molecular flexibility index (Phi) is 10.2. The fourth-order valence-electron chi connectivity index (χ4n) is 3.86. The molecule has 0 bridgehead atoms. The van der Waals surface area contributed by atoms with Gasteiger partial charge in [-0.3, -0.25) is 4.99 Å². The molecule has 3 rings (SSSR count). The van der Waals surface area contributed by atoms with Gasteiger partial charge in [0.25, 0.3) is 0 Å². The summed E-state index contributed by atoms with van der Waals surface area (Å²) in [6.07, 6.45) is 5.85. The van der Waals surface area contributed by atoms with Crippen LogP contribution in [0.1, 0.15) is 37.3 Å². The summed E-state index contributed by atoms with van der Waals surface area (Å²) in [5, 5.41) is 17.7. The van der Waals surface area contributed by atoms with Crippen LogP contribution < -0.4 is 10.6 Å². The average molecular weight is 513 g/mol. The van der Waals surface area contributed by atoms with Crippen LogP contribution in [0.2, 0.25) is 0 Å². The molecule has 0 amide bonds. The number of hydrogen-bond acceptors (Lipinski definition) is 3. The Hall–Kier alpha value is -1.32. The highest BCUT2D eigenvalue weighted by Crippen LogP contribution is 2.21. The Morgan fingerprint density at radius 2 is 2.07 bits per heavy atom. The molecule has 0 radical (unpaired) electrons. The van der Waals surface area contributed by atoms with E-state index < -0.39 is 0 Å². The molecule has 0 atom stereocenters. The van der Waals surface area contributed by atoms with Gasteiger partial charge in [0.15, 0.2) is 5.96 Å². The first-order valence-electron chi connectivity index (χ1n) is 10.7. The van der Waals surface area contributed by atoms with Crippen molar-refractivity contribution >= 4 is 40.8 Å². The summed E-state index contributed by atoms with van der Waals surface area (Å²) >= 11 is 0. The first-order valence-corrected chi connectivity index (χ1v) is 10.7. The largest absolute Gasteiger partial charge is 0.393 e. The van der Waals surface area contributed by atoms with E-state index in [0.717, 1.165) is 70.9 Å². The highest BCUT2D eigenvalue weighted by Gasteiger charge is 2.15. The van der Waals surface area contributed by atoms with Crippen molar-refractivity contribution in [2.45, 2.75) is 45.6 Å². The van der Waals surface area contributed by atoms with Crippen molar-refractivity contribution in [3.05, 3.63) is 35.5 Å². The maximum atomic E-state index is 9.59. The third kappa shape index (κ3) is 7.15. The highest BCUT2D eigenvalue weighted by atomic mass is 127. The van der Waals surface area contributed by atoms with Crippen molar-refractivity contribution < 1.29 is 5.11 Å². The zero-order valence-electron chi connectivity index (χ0n) is 17.7. The summed E-state index contributed by atoms with van der Waals surface area (Å²) in [6, 6.07) is 6.45. The molecule has 162 valence electrons. The molecule has 1 fully saturated rings. The normalized spacial score (nSPS) is 16.0. The number of guanidine groups is 1. The minimum atomic E-state index is -0.0973. The lowest BCUT2D eigenvalue weighted by Crippen LogP contribution is -2.39. The molecule has 0 aliphatic carbocycles. The molecule has 7 heteroatoms. The van der Waals surface area contributed by atoms with Crippen LogP contribution >= 0.6 is 24.0 Å². The summed E-state index contributed by atoms with van der Waals surface area (Å²) in [5.74, 6) is 0.896. The van der Waals surface area contributed by atoms with Crippen LogP contribution in [0.15, 0.2) is 29.4 Å². The Bertz CT molecular complexity index is 768. The third-order valence-electron chi connectivity index (χ3n) is 5.50. The van der Waals surface area contributed by atoms with Gasteiger partial charge in [-0.15, -0.1) is 24.0 Å². The Labute approximate surface area is 191 Å². The number of H-pyrrole nitrogens is 1. The number of aryl methyl sites for hydroxylation is 1. The molecular formula is C22H36IN5O. The van der Waals surface area contributed by atoms with Gasteiger partial charge < -0.3 is 25.6 Å². The number of nitrogens with zero attached hydrogens (tertiary/aromatic N) is 2. The molecule has 2 aromatic rings. The van der Waals surface area contributed by atoms with Crippen molar-refractivity contribution in [1.29, 1.82) is 0 Å². The van der Waals surface area contributed by atoms with E-state index in [1.165, 1.54) is 22.0 Å². The Morgan fingerprint density at radius 3 is 2.83 bits per heavy atom. The molecule has 0 unspecified atom stereocenters. The van der Waals surface area contributed by atoms with Crippen LogP contribution in [0.4, 0.5) is 0 Å². The number of nitrogens with one attached hydrogen (secondary N) is 3. The van der Waals surface area contributed by atoms with E-state index in [2.05, 4.69) is 58.8 Å². The quantitative estimate of drug-likeness (QED) is 0.190. The second-order valence-electron chi connectivity index (χ2n) is 7.68. The van der Waals surface area contributed by atoms with E-state index >= 15 is 0 Å². The maximum absolute atomic E-state index is 9.59. The Balaban J connectivity index is 0.00000300. The molecular weight excluding hydrogens is 477 g/mol. The smallest absolute Gasteiger partial charge is 0.191 e. The number of hydrogen-bond donors (Lipinski definition) is 4. The number of aromatic amines is 1. The highest BCUT2D eigenvalue weighted by molar-refractivity contribution is 14.0. The second-order valence-corrected chi connectivity index (χ2v) is 7.68. The summed E-state index contributed by atoms with van der Waals surface area (Å²) in [5.41, 5.74) is 3.87. The molecule has 0 spiro atoms. The summed E-state index contributed by atoms with van der Waals surface area (Å²) in [7, 11) is 0. The molecule has 1 aromatic heterocycles. The predicted molar refractivity (Wildman–Crippen MR) is 132 cm³/mol. The van der Waals surface area contributed by atoms with Crippen LogP contribution in [0, 0.1) is 6.92 Å². The summed E-state index contributed by atoms with van der Waals surface area (Å²) < 4.78 is 0. The molecule has 1 aliphatic heterocycles. The van der Waals surface area contributed by atoms with Crippen LogP contribution in [0.3, 0.4) is 0 Å². The monoisotopic (exact) mass is 513 g/mol. The fourth-order valence-corrected chi connectivity index (χ4v) is 3.86. The minimum Gasteiger partial charge on any atom is -0.393 e. The second kappa shape index (κ2) is 12.4. The third-order valence-corrected chi connectivity index (χ3v) is 5.50. The van der Waals surface area contributed by atoms with E-state index in [1.807, 2.05) is 0 Å². The number of likely N-dealkylation sites (tertiary alicyclic amines) is 1. The van der Waals surface area contributed by atoms with E-state index in [1.54, 1.807) is 0 Å². The molecule has 29 heavy (non-hydrogen) atoms. The number of aliphatic hydroxyl groups is 1. The molecule has 1 aromatic carbocycles. The van der Waals surface area contributed by atoms with Crippen molar-refractivity contribution in [2.24, 2.45) is 4.99 Å². The number of rotatable bonds is 8. The first kappa shape index (κ1) is 24.0. The fraction of sp³-hybridized carbons (Fsp3) is 0.591. The van der Waals surface area contributed by atoms with Gasteiger partial charge in [0.2, 0.25) is 0 Å². The van der Waals surface area contributed by atoms with Crippen LogP contribution in [0.5, 0.6) is 0 Å². The van der Waals surface area contributed by atoms with Crippen molar-refractivity contribution in [3.8, 4) is 0 Å². The lowest BCUT2D eigenvalue weighted by molar-refractivity contribution is 0.0824. The molecule has 2 heterocycles. The SMILES string of the molecule is CCNC(=NCCCN1CCC(O)CC1)NCCc1c[nH]c2c(C)cccc12.I. The maximum Gasteiger partial charge on any atom is 0.191 e. The summed E-state index contributed by atoms with van der Waals surface area (Å²) in [4.78, 5) is 10.6. The number of halogens is 1. The first-order chi connectivity index (χ1) is 13.7. The predicted octanol–water partition coefficient (Wildman–Crippen LogP) is 3.04. The number of piperidine rings is 1. The Morgan fingerprint density at radius 1 is 1.28 bits per heavy atom. The van der Waals surface area contributed by atoms with Crippen LogP contribution in [-0.4, -0.2) is 66.3 Å². The number of aliphatic hydroxyl groups excluding tert-OH is 1. The van der Waals surface area contributed by atoms with Gasteiger partial charge in [0, 0.05) is 49.8 Å². The van der Waals surface area contributed by atoms with Gasteiger partial charge in [-0.05, 0) is 57.2 Å². The molecule has 1 saturated heterocycles. The van der Waals surface area contributed by atoms with Crippen molar-refractivity contribution in [1.82, 2.24) is 20.5 Å². The van der Waals surface area contributed by atoms with E-state index in [-0.39, 0.29) is 30.1 Å². The molecule has 0 saturated carbocycles. The zero-order chi connectivity index (χ0) is 19.8. The standard InChI is InChI=1S/C22H35N5O.HI/c1-3-23-22(24-11-5-13-27-14-9-19(28)10-15-27)25-12-8-18-16-26-21-17(2)6-4-7-20(18)21;/h4,6-7,16,19,26,28H,3,5,8-15H2,1-2H3,(H2,23,24,25);1H. The molecule has 4 N–H and O–H groups in total. The van der Waals surface area contributed by atoms with Gasteiger partial charge in [0.1, 0.15) is 0 Å². The number of aliphatic imine (C=N–C) groups is 1. The topological polar surface area (TPSA) is 75.7 Å². The van der Waals surface area contributed by atoms with Gasteiger partial charge in [-0.25, -0.2) is 0 Å². The lowest BCUT2D eigenvalue weighted by Gasteiger charge is -2.29. The average Bonchev–Trinajstić information content (AvgIpc) is 3.11. The summed E-state index contributed by atoms with van der Waals surface area (Å²) in [6.45, 7) is 9.85. The minimum absolute atomic E-state index is 0. The van der Waals surface area contributed by atoms with Gasteiger partial charge in [-0.2, -0.15) is 0 Å². The van der Waals surface area contributed by atoms with Gasteiger partial charge in [-0.1, -0.05) is 18.2 Å². The van der Waals surface area contributed by atoms with E-state index in [0.29, 0.717) is 0 Å². The van der Waals surface area contributed by atoms with Crippen LogP contribution in [0.25, 0.3) is 10.9 Å². The van der Waals surface area contributed by atoms with Gasteiger partial charge in [0.05, 0.1) is 6.10 Å². The number of para-hydroxylation sites is 1. The zero-order valence-corrected chi connectivity index (χ0v) is 20.0. The van der Waals surface area contributed by atoms with Gasteiger partial charge >= 0.3 is 0 Å².